The average molecular weight is 432 g/mol. The van der Waals surface area contributed by atoms with Gasteiger partial charge in [-0.05, 0) is 67.9 Å². The smallest absolute Gasteiger partial charge is 0.0673 e. The quantitative estimate of drug-likeness (QED) is 0.497. The molecule has 0 aliphatic carbocycles. The molecule has 32 heavy (non-hydrogen) atoms. The van der Waals surface area contributed by atoms with Crippen molar-refractivity contribution in [2.45, 2.75) is 72.5 Å². The number of aromatic nitrogens is 2. The van der Waals surface area contributed by atoms with Crippen molar-refractivity contribution < 1.29 is 4.74 Å². The van der Waals surface area contributed by atoms with Crippen molar-refractivity contribution in [2.75, 3.05) is 13.2 Å². The van der Waals surface area contributed by atoms with Gasteiger partial charge in [0.25, 0.3) is 0 Å². The molecule has 2 atom stereocenters. The Hall–Kier alpha value is -2.43. The fraction of sp³-hybridized carbons (Fsp3) is 0.464. The summed E-state index contributed by atoms with van der Waals surface area (Å²) in [6.07, 6.45) is 2.89. The lowest BCUT2D eigenvalue weighted by Gasteiger charge is -2.43. The van der Waals surface area contributed by atoms with Gasteiger partial charge in [0, 0.05) is 30.5 Å². The molecule has 2 aromatic carbocycles. The molecule has 170 valence electrons. The normalized spacial score (nSPS) is 17.3. The van der Waals surface area contributed by atoms with E-state index < -0.39 is 0 Å². The summed E-state index contributed by atoms with van der Waals surface area (Å²) in [6, 6.07) is 16.0. The first-order valence-corrected chi connectivity index (χ1v) is 12.1. The summed E-state index contributed by atoms with van der Waals surface area (Å²) in [7, 11) is 0. The molecule has 4 nitrogen and oxygen atoms in total. The number of aryl methyl sites for hydroxylation is 4. The molecule has 1 aliphatic rings. The monoisotopic (exact) mass is 431 g/mol. The van der Waals surface area contributed by atoms with E-state index in [-0.39, 0.29) is 6.04 Å². The molecule has 2 unspecified atom stereocenters. The highest BCUT2D eigenvalue weighted by Crippen LogP contribution is 2.41. The van der Waals surface area contributed by atoms with Crippen molar-refractivity contribution in [3.05, 3.63) is 87.2 Å². The highest BCUT2D eigenvalue weighted by Gasteiger charge is 2.37. The number of aromatic amines is 1. The lowest BCUT2D eigenvalue weighted by atomic mass is 9.84. The van der Waals surface area contributed by atoms with Gasteiger partial charge < -0.3 is 4.74 Å². The van der Waals surface area contributed by atoms with Crippen LogP contribution in [0.4, 0.5) is 0 Å². The van der Waals surface area contributed by atoms with Gasteiger partial charge in [0.1, 0.15) is 0 Å². The lowest BCUT2D eigenvalue weighted by Crippen LogP contribution is -2.46. The molecule has 3 aromatic rings. The zero-order chi connectivity index (χ0) is 22.7. The van der Waals surface area contributed by atoms with E-state index in [2.05, 4.69) is 87.1 Å². The molecule has 4 rings (SSSR count). The van der Waals surface area contributed by atoms with E-state index in [0.717, 1.165) is 39.0 Å². The Morgan fingerprint density at radius 3 is 2.34 bits per heavy atom. The van der Waals surface area contributed by atoms with Gasteiger partial charge in [0.05, 0.1) is 18.3 Å². The SMILES string of the molecule is CCOCC1Cc2ccccc2CN1C(c1c(C)cccc1C)c1c(CC)n[nH]c1CC. The van der Waals surface area contributed by atoms with Gasteiger partial charge in [-0.3, -0.25) is 10.00 Å². The van der Waals surface area contributed by atoms with Crippen LogP contribution in [0.5, 0.6) is 0 Å². The molecule has 2 heterocycles. The third-order valence-electron chi connectivity index (χ3n) is 6.98. The van der Waals surface area contributed by atoms with Crippen LogP contribution in [0.2, 0.25) is 0 Å². The van der Waals surface area contributed by atoms with Gasteiger partial charge >= 0.3 is 0 Å². The van der Waals surface area contributed by atoms with Gasteiger partial charge in [-0.1, -0.05) is 56.3 Å². The number of hydrogen-bond acceptors (Lipinski definition) is 3. The fourth-order valence-corrected chi connectivity index (χ4v) is 5.34. The summed E-state index contributed by atoms with van der Waals surface area (Å²) in [5.74, 6) is 0. The Bertz CT molecular complexity index is 1010. The third-order valence-corrected chi connectivity index (χ3v) is 6.98. The van der Waals surface area contributed by atoms with Crippen LogP contribution in [0.3, 0.4) is 0 Å². The first kappa shape index (κ1) is 22.8. The second-order valence-corrected chi connectivity index (χ2v) is 8.94. The van der Waals surface area contributed by atoms with Crippen molar-refractivity contribution in [3.8, 4) is 0 Å². The van der Waals surface area contributed by atoms with Gasteiger partial charge in [0.2, 0.25) is 0 Å². The van der Waals surface area contributed by atoms with Gasteiger partial charge in [-0.2, -0.15) is 5.10 Å². The van der Waals surface area contributed by atoms with E-state index in [0.29, 0.717) is 6.04 Å². The number of benzene rings is 2. The maximum absolute atomic E-state index is 6.03. The van der Waals surface area contributed by atoms with E-state index >= 15 is 0 Å². The molecular formula is C28H37N3O. The molecule has 0 fully saturated rings. The second kappa shape index (κ2) is 10.0. The first-order chi connectivity index (χ1) is 15.6. The van der Waals surface area contributed by atoms with Crippen LogP contribution in [-0.2, 0) is 30.5 Å². The highest BCUT2D eigenvalue weighted by molar-refractivity contribution is 5.46. The molecule has 0 saturated heterocycles. The Morgan fingerprint density at radius 2 is 1.69 bits per heavy atom. The largest absolute Gasteiger partial charge is 0.380 e. The minimum absolute atomic E-state index is 0.152. The third kappa shape index (κ3) is 4.26. The molecule has 1 N–H and O–H groups in total. The Morgan fingerprint density at radius 1 is 0.969 bits per heavy atom. The first-order valence-electron chi connectivity index (χ1n) is 12.1. The van der Waals surface area contributed by atoms with Gasteiger partial charge in [0.15, 0.2) is 0 Å². The van der Waals surface area contributed by atoms with Crippen LogP contribution in [-0.4, -0.2) is 34.4 Å². The summed E-state index contributed by atoms with van der Waals surface area (Å²) >= 11 is 0. The van der Waals surface area contributed by atoms with E-state index in [1.165, 1.54) is 44.8 Å². The molecule has 1 aliphatic heterocycles. The highest BCUT2D eigenvalue weighted by atomic mass is 16.5. The summed E-state index contributed by atoms with van der Waals surface area (Å²) < 4.78 is 6.03. The molecular weight excluding hydrogens is 394 g/mol. The van der Waals surface area contributed by atoms with E-state index in [1.807, 2.05) is 0 Å². The average Bonchev–Trinajstić information content (AvgIpc) is 3.22. The molecule has 0 saturated carbocycles. The van der Waals surface area contributed by atoms with E-state index in [9.17, 15) is 0 Å². The van der Waals surface area contributed by atoms with Crippen LogP contribution in [0.25, 0.3) is 0 Å². The predicted octanol–water partition coefficient (Wildman–Crippen LogP) is 5.70. The van der Waals surface area contributed by atoms with E-state index in [4.69, 9.17) is 9.84 Å². The summed E-state index contributed by atoms with van der Waals surface area (Å²) in [5, 5.41) is 8.13. The number of nitrogens with one attached hydrogen (secondary N) is 1. The Labute approximate surface area is 193 Å². The molecule has 4 heteroatoms. The number of rotatable bonds is 8. The molecule has 0 radical (unpaired) electrons. The maximum Gasteiger partial charge on any atom is 0.0673 e. The maximum atomic E-state index is 6.03. The number of hydrogen-bond donors (Lipinski definition) is 1. The standard InChI is InChI=1S/C28H37N3O/c1-6-24-27(25(7-2)30-29-24)28(26-19(4)12-11-13-20(26)5)31-17-22-15-10-9-14-21(22)16-23(31)18-32-8-3/h9-15,23,28H,6-8,16-18H2,1-5H3,(H,29,30). The minimum Gasteiger partial charge on any atom is -0.380 e. The number of nitrogens with zero attached hydrogens (tertiary/aromatic N) is 2. The number of H-pyrrole nitrogens is 1. The summed E-state index contributed by atoms with van der Waals surface area (Å²) in [6.45, 7) is 13.4. The number of fused-ring (bicyclic) bond motifs is 1. The second-order valence-electron chi connectivity index (χ2n) is 8.94. The zero-order valence-corrected chi connectivity index (χ0v) is 20.2. The van der Waals surface area contributed by atoms with Crippen LogP contribution in [0.15, 0.2) is 42.5 Å². The van der Waals surface area contributed by atoms with Crippen molar-refractivity contribution in [3.63, 3.8) is 0 Å². The fourth-order valence-electron chi connectivity index (χ4n) is 5.34. The Kier molecular flexibility index (Phi) is 7.12. The molecule has 1 aromatic heterocycles. The van der Waals surface area contributed by atoms with Crippen LogP contribution < -0.4 is 0 Å². The molecule has 0 spiro atoms. The minimum atomic E-state index is 0.152. The summed E-state index contributed by atoms with van der Waals surface area (Å²) in [5.41, 5.74) is 10.8. The lowest BCUT2D eigenvalue weighted by molar-refractivity contribution is 0.0387. The van der Waals surface area contributed by atoms with Crippen LogP contribution in [0.1, 0.15) is 71.6 Å². The van der Waals surface area contributed by atoms with E-state index in [1.54, 1.807) is 0 Å². The van der Waals surface area contributed by atoms with Crippen LogP contribution in [0, 0.1) is 13.8 Å². The van der Waals surface area contributed by atoms with Crippen LogP contribution >= 0.6 is 0 Å². The Balaban J connectivity index is 1.92. The number of ether oxygens (including phenoxy) is 1. The summed E-state index contributed by atoms with van der Waals surface area (Å²) in [4.78, 5) is 2.69. The predicted molar refractivity (Wildman–Crippen MR) is 131 cm³/mol. The van der Waals surface area contributed by atoms with Crippen molar-refractivity contribution in [2.24, 2.45) is 0 Å². The zero-order valence-electron chi connectivity index (χ0n) is 20.2. The topological polar surface area (TPSA) is 41.1 Å². The molecule has 0 amide bonds. The van der Waals surface area contributed by atoms with Crippen molar-refractivity contribution >= 4 is 0 Å². The van der Waals surface area contributed by atoms with Crippen molar-refractivity contribution in [1.82, 2.24) is 15.1 Å². The van der Waals surface area contributed by atoms with Gasteiger partial charge in [-0.25, -0.2) is 0 Å². The van der Waals surface area contributed by atoms with Gasteiger partial charge in [-0.15, -0.1) is 0 Å². The molecule has 0 bridgehead atoms. The van der Waals surface area contributed by atoms with Crippen molar-refractivity contribution in [1.29, 1.82) is 0 Å².